The third kappa shape index (κ3) is 1.84. The van der Waals surface area contributed by atoms with Crippen molar-refractivity contribution in [3.8, 4) is 0 Å². The number of amides is 1. The van der Waals surface area contributed by atoms with Crippen molar-refractivity contribution in [2.24, 2.45) is 5.92 Å². The van der Waals surface area contributed by atoms with Gasteiger partial charge in [0.25, 0.3) is 0 Å². The number of carbonyl (C=O) groups excluding carboxylic acids is 1. The zero-order valence-electron chi connectivity index (χ0n) is 9.98. The van der Waals surface area contributed by atoms with Crippen LogP contribution in [-0.2, 0) is 4.79 Å². The zero-order chi connectivity index (χ0) is 11.1. The Balaban J connectivity index is 1.62. The van der Waals surface area contributed by atoms with Crippen molar-refractivity contribution in [1.82, 2.24) is 15.3 Å². The molecule has 1 aliphatic carbocycles. The van der Waals surface area contributed by atoms with E-state index < -0.39 is 0 Å². The molecule has 2 heterocycles. The maximum absolute atomic E-state index is 12.0. The summed E-state index contributed by atoms with van der Waals surface area (Å²) in [4.78, 5) is 12.0. The summed E-state index contributed by atoms with van der Waals surface area (Å²) in [5, 5.41) is 7.65. The fourth-order valence-electron chi connectivity index (χ4n) is 3.08. The maximum atomic E-state index is 12.0. The van der Waals surface area contributed by atoms with Crippen molar-refractivity contribution >= 4 is 5.91 Å². The monoisotopic (exact) mass is 223 g/mol. The van der Waals surface area contributed by atoms with E-state index in [0.717, 1.165) is 25.4 Å². The molecule has 1 saturated carbocycles. The number of hydrogen-bond acceptors (Lipinski definition) is 3. The van der Waals surface area contributed by atoms with Gasteiger partial charge in [0, 0.05) is 25.6 Å². The standard InChI is InChI=1S/C12H21N3O/c1-14-11(9-4-5-9)7-12(16)15(14)8-10-3-2-6-13-10/h9-11,13H,2-8H2,1H3. The van der Waals surface area contributed by atoms with Gasteiger partial charge < -0.3 is 5.32 Å². The molecule has 3 aliphatic rings. The second kappa shape index (κ2) is 4.00. The molecule has 0 radical (unpaired) electrons. The van der Waals surface area contributed by atoms with Gasteiger partial charge in [-0.15, -0.1) is 0 Å². The smallest absolute Gasteiger partial charge is 0.238 e. The molecule has 1 N–H and O–H groups in total. The molecule has 16 heavy (non-hydrogen) atoms. The highest BCUT2D eigenvalue weighted by atomic mass is 16.2. The first-order valence-corrected chi connectivity index (χ1v) is 6.52. The van der Waals surface area contributed by atoms with Crippen molar-refractivity contribution in [3.05, 3.63) is 0 Å². The molecule has 3 fully saturated rings. The summed E-state index contributed by atoms with van der Waals surface area (Å²) in [6, 6.07) is 1.01. The summed E-state index contributed by atoms with van der Waals surface area (Å²) in [5.74, 6) is 1.11. The first-order valence-electron chi connectivity index (χ1n) is 6.52. The minimum atomic E-state index is 0.327. The number of hydrazine groups is 1. The zero-order valence-corrected chi connectivity index (χ0v) is 9.98. The normalized spacial score (nSPS) is 36.3. The molecule has 0 aromatic rings. The quantitative estimate of drug-likeness (QED) is 0.761. The summed E-state index contributed by atoms with van der Waals surface area (Å²) in [7, 11) is 2.09. The minimum Gasteiger partial charge on any atom is -0.312 e. The molecular formula is C12H21N3O. The van der Waals surface area contributed by atoms with Crippen LogP contribution in [0.1, 0.15) is 32.1 Å². The molecule has 1 amide bonds. The van der Waals surface area contributed by atoms with E-state index in [1.54, 1.807) is 0 Å². The lowest BCUT2D eigenvalue weighted by Crippen LogP contribution is -2.46. The molecule has 0 aromatic heterocycles. The Labute approximate surface area is 96.9 Å². The number of rotatable bonds is 3. The fourth-order valence-corrected chi connectivity index (χ4v) is 3.08. The molecule has 2 atom stereocenters. The summed E-state index contributed by atoms with van der Waals surface area (Å²) in [6.45, 7) is 1.99. The Morgan fingerprint density at radius 1 is 1.38 bits per heavy atom. The average molecular weight is 223 g/mol. The molecule has 0 spiro atoms. The van der Waals surface area contributed by atoms with Gasteiger partial charge >= 0.3 is 0 Å². The van der Waals surface area contributed by atoms with Gasteiger partial charge in [-0.2, -0.15) is 0 Å². The van der Waals surface area contributed by atoms with E-state index in [2.05, 4.69) is 17.4 Å². The van der Waals surface area contributed by atoms with Crippen molar-refractivity contribution < 1.29 is 4.79 Å². The molecular weight excluding hydrogens is 202 g/mol. The SMILES string of the molecule is CN1C(C2CC2)CC(=O)N1CC1CCCN1. The summed E-state index contributed by atoms with van der Waals surface area (Å²) in [6.07, 6.45) is 5.84. The Morgan fingerprint density at radius 2 is 2.19 bits per heavy atom. The number of hydrogen-bond donors (Lipinski definition) is 1. The summed E-state index contributed by atoms with van der Waals surface area (Å²) in [5.41, 5.74) is 0. The lowest BCUT2D eigenvalue weighted by molar-refractivity contribution is -0.137. The van der Waals surface area contributed by atoms with Gasteiger partial charge in [0.2, 0.25) is 5.91 Å². The van der Waals surface area contributed by atoms with E-state index in [9.17, 15) is 4.79 Å². The molecule has 0 aromatic carbocycles. The van der Waals surface area contributed by atoms with E-state index in [-0.39, 0.29) is 0 Å². The summed E-state index contributed by atoms with van der Waals surface area (Å²) >= 11 is 0. The highest BCUT2D eigenvalue weighted by molar-refractivity contribution is 5.78. The third-order valence-electron chi connectivity index (χ3n) is 4.25. The van der Waals surface area contributed by atoms with Crippen molar-refractivity contribution in [2.45, 2.75) is 44.2 Å². The van der Waals surface area contributed by atoms with Crippen molar-refractivity contribution in [3.63, 3.8) is 0 Å². The first-order chi connectivity index (χ1) is 7.75. The van der Waals surface area contributed by atoms with Gasteiger partial charge in [0.15, 0.2) is 0 Å². The second-order valence-electron chi connectivity index (χ2n) is 5.45. The largest absolute Gasteiger partial charge is 0.312 e. The molecule has 2 aliphatic heterocycles. The maximum Gasteiger partial charge on any atom is 0.238 e. The van der Waals surface area contributed by atoms with Crippen LogP contribution in [0.3, 0.4) is 0 Å². The molecule has 4 heteroatoms. The first kappa shape index (κ1) is 10.5. The molecule has 0 bridgehead atoms. The van der Waals surface area contributed by atoms with Crippen LogP contribution >= 0.6 is 0 Å². The van der Waals surface area contributed by atoms with Crippen LogP contribution in [0.15, 0.2) is 0 Å². The van der Waals surface area contributed by atoms with Gasteiger partial charge in [0.1, 0.15) is 0 Å². The van der Waals surface area contributed by atoms with Crippen LogP contribution in [0.2, 0.25) is 0 Å². The number of carbonyl (C=O) groups is 1. The van der Waals surface area contributed by atoms with Crippen LogP contribution in [0, 0.1) is 5.92 Å². The van der Waals surface area contributed by atoms with Gasteiger partial charge in [-0.3, -0.25) is 9.80 Å². The molecule has 2 unspecified atom stereocenters. The lowest BCUT2D eigenvalue weighted by atomic mass is 10.1. The molecule has 3 rings (SSSR count). The second-order valence-corrected chi connectivity index (χ2v) is 5.45. The van der Waals surface area contributed by atoms with Crippen LogP contribution in [0.5, 0.6) is 0 Å². The van der Waals surface area contributed by atoms with Gasteiger partial charge in [0.05, 0.1) is 6.54 Å². The van der Waals surface area contributed by atoms with E-state index >= 15 is 0 Å². The van der Waals surface area contributed by atoms with Gasteiger partial charge in [-0.25, -0.2) is 5.01 Å². The van der Waals surface area contributed by atoms with Crippen molar-refractivity contribution in [2.75, 3.05) is 20.1 Å². The van der Waals surface area contributed by atoms with E-state index in [4.69, 9.17) is 0 Å². The Hall–Kier alpha value is -0.610. The van der Waals surface area contributed by atoms with Crippen LogP contribution < -0.4 is 5.32 Å². The van der Waals surface area contributed by atoms with E-state index in [1.807, 2.05) is 5.01 Å². The van der Waals surface area contributed by atoms with E-state index in [0.29, 0.717) is 18.0 Å². The average Bonchev–Trinajstić information content (AvgIpc) is 2.91. The minimum absolute atomic E-state index is 0.327. The van der Waals surface area contributed by atoms with Gasteiger partial charge in [-0.05, 0) is 38.1 Å². The topological polar surface area (TPSA) is 35.6 Å². The van der Waals surface area contributed by atoms with Crippen LogP contribution in [-0.4, -0.2) is 48.1 Å². The lowest BCUT2D eigenvalue weighted by Gasteiger charge is -2.30. The third-order valence-corrected chi connectivity index (χ3v) is 4.25. The highest BCUT2D eigenvalue weighted by Gasteiger charge is 2.44. The van der Waals surface area contributed by atoms with Crippen LogP contribution in [0.25, 0.3) is 0 Å². The number of nitrogens with one attached hydrogen (secondary N) is 1. The predicted molar refractivity (Wildman–Crippen MR) is 61.6 cm³/mol. The highest BCUT2D eigenvalue weighted by Crippen LogP contribution is 2.39. The molecule has 4 nitrogen and oxygen atoms in total. The molecule has 90 valence electrons. The van der Waals surface area contributed by atoms with Crippen molar-refractivity contribution in [1.29, 1.82) is 0 Å². The predicted octanol–water partition coefficient (Wildman–Crippen LogP) is 0.596. The molecule has 2 saturated heterocycles. The Bertz CT molecular complexity index is 284. The Kier molecular flexibility index (Phi) is 2.64. The Morgan fingerprint density at radius 3 is 2.81 bits per heavy atom. The van der Waals surface area contributed by atoms with Gasteiger partial charge in [-0.1, -0.05) is 0 Å². The number of nitrogens with zero attached hydrogens (tertiary/aromatic N) is 2. The van der Waals surface area contributed by atoms with E-state index in [1.165, 1.54) is 25.7 Å². The fraction of sp³-hybridized carbons (Fsp3) is 0.917. The summed E-state index contributed by atoms with van der Waals surface area (Å²) < 4.78 is 0. The van der Waals surface area contributed by atoms with Crippen LogP contribution in [0.4, 0.5) is 0 Å².